The summed E-state index contributed by atoms with van der Waals surface area (Å²) >= 11 is 1.52. The summed E-state index contributed by atoms with van der Waals surface area (Å²) in [5.41, 5.74) is 1.92. The van der Waals surface area contributed by atoms with Gasteiger partial charge < -0.3 is 14.8 Å². The lowest BCUT2D eigenvalue weighted by atomic mass is 10.2. The Morgan fingerprint density at radius 2 is 2.13 bits per heavy atom. The predicted molar refractivity (Wildman–Crippen MR) is 92.7 cm³/mol. The molecule has 23 heavy (non-hydrogen) atoms. The van der Waals surface area contributed by atoms with Crippen molar-refractivity contribution in [1.29, 1.82) is 0 Å². The molecular formula is C18H21NO3S. The molecular weight excluding hydrogens is 310 g/mol. The smallest absolute Gasteiger partial charge is 0.265 e. The van der Waals surface area contributed by atoms with Gasteiger partial charge in [0.05, 0.1) is 11.0 Å². The summed E-state index contributed by atoms with van der Waals surface area (Å²) < 4.78 is 11.2. The van der Waals surface area contributed by atoms with E-state index in [2.05, 4.69) is 5.32 Å². The van der Waals surface area contributed by atoms with Crippen molar-refractivity contribution >= 4 is 22.9 Å². The van der Waals surface area contributed by atoms with Gasteiger partial charge in [0.25, 0.3) is 5.91 Å². The fraction of sp³-hybridized carbons (Fsp3) is 0.389. The maximum absolute atomic E-state index is 12.2. The van der Waals surface area contributed by atoms with Crippen LogP contribution >= 0.6 is 11.3 Å². The molecule has 2 aromatic rings. The maximum Gasteiger partial charge on any atom is 0.265 e. The van der Waals surface area contributed by atoms with Gasteiger partial charge in [-0.2, -0.15) is 0 Å². The lowest BCUT2D eigenvalue weighted by Crippen LogP contribution is -2.16. The number of anilines is 1. The highest BCUT2D eigenvalue weighted by molar-refractivity contribution is 7.14. The number of benzene rings is 1. The highest BCUT2D eigenvalue weighted by atomic mass is 32.1. The molecule has 1 fully saturated rings. The first-order valence-electron chi connectivity index (χ1n) is 7.84. The Balaban J connectivity index is 1.55. The Bertz CT molecular complexity index is 653. The SMILES string of the molecule is Cc1cc(C(=O)Nc2ccc(OCC3CCCO3)cc2)sc1C. The number of aryl methyl sites for hydroxylation is 2. The molecule has 122 valence electrons. The Morgan fingerprint density at radius 3 is 2.74 bits per heavy atom. The predicted octanol–water partition coefficient (Wildman–Crippen LogP) is 4.18. The van der Waals surface area contributed by atoms with Crippen molar-refractivity contribution in [3.8, 4) is 5.75 Å². The second kappa shape index (κ2) is 7.15. The number of amides is 1. The second-order valence-electron chi connectivity index (χ2n) is 5.77. The van der Waals surface area contributed by atoms with Crippen molar-refractivity contribution in [2.45, 2.75) is 32.8 Å². The lowest BCUT2D eigenvalue weighted by molar-refractivity contribution is 0.0679. The number of rotatable bonds is 5. The van der Waals surface area contributed by atoms with Gasteiger partial charge in [0.1, 0.15) is 12.4 Å². The molecule has 1 aliphatic heterocycles. The normalized spacial score (nSPS) is 17.2. The van der Waals surface area contributed by atoms with E-state index in [1.165, 1.54) is 16.2 Å². The van der Waals surface area contributed by atoms with Gasteiger partial charge in [-0.25, -0.2) is 0 Å². The molecule has 1 N–H and O–H groups in total. The number of ether oxygens (including phenoxy) is 2. The molecule has 0 aliphatic carbocycles. The van der Waals surface area contributed by atoms with Gasteiger partial charge in [0.2, 0.25) is 0 Å². The molecule has 1 saturated heterocycles. The summed E-state index contributed by atoms with van der Waals surface area (Å²) in [4.78, 5) is 14.1. The molecule has 1 aromatic carbocycles. The molecule has 5 heteroatoms. The minimum atomic E-state index is -0.0702. The van der Waals surface area contributed by atoms with E-state index < -0.39 is 0 Å². The molecule has 0 bridgehead atoms. The van der Waals surface area contributed by atoms with E-state index in [0.29, 0.717) is 6.61 Å². The van der Waals surface area contributed by atoms with Gasteiger partial charge in [-0.3, -0.25) is 4.79 Å². The van der Waals surface area contributed by atoms with Crippen molar-refractivity contribution in [2.24, 2.45) is 0 Å². The van der Waals surface area contributed by atoms with Crippen LogP contribution < -0.4 is 10.1 Å². The van der Waals surface area contributed by atoms with Gasteiger partial charge in [0, 0.05) is 17.2 Å². The average Bonchev–Trinajstić information content (AvgIpc) is 3.17. The topological polar surface area (TPSA) is 47.6 Å². The zero-order chi connectivity index (χ0) is 16.2. The molecule has 0 radical (unpaired) electrons. The molecule has 2 heterocycles. The first-order chi connectivity index (χ1) is 11.1. The van der Waals surface area contributed by atoms with E-state index >= 15 is 0 Å². The fourth-order valence-corrected chi connectivity index (χ4v) is 3.41. The van der Waals surface area contributed by atoms with Crippen molar-refractivity contribution in [3.63, 3.8) is 0 Å². The van der Waals surface area contributed by atoms with Crippen LogP contribution in [0, 0.1) is 13.8 Å². The monoisotopic (exact) mass is 331 g/mol. The third kappa shape index (κ3) is 4.12. The van der Waals surface area contributed by atoms with E-state index in [9.17, 15) is 4.79 Å². The van der Waals surface area contributed by atoms with Crippen molar-refractivity contribution in [1.82, 2.24) is 0 Å². The van der Waals surface area contributed by atoms with E-state index in [-0.39, 0.29) is 12.0 Å². The summed E-state index contributed by atoms with van der Waals surface area (Å²) in [5, 5.41) is 2.91. The molecule has 0 spiro atoms. The molecule has 0 saturated carbocycles. The highest BCUT2D eigenvalue weighted by Gasteiger charge is 2.16. The Morgan fingerprint density at radius 1 is 1.35 bits per heavy atom. The van der Waals surface area contributed by atoms with Crippen LogP contribution in [0.4, 0.5) is 5.69 Å². The van der Waals surface area contributed by atoms with E-state index in [4.69, 9.17) is 9.47 Å². The van der Waals surface area contributed by atoms with Crippen LogP contribution in [0.25, 0.3) is 0 Å². The molecule has 1 unspecified atom stereocenters. The standard InChI is InChI=1S/C18H21NO3S/c1-12-10-17(23-13(12)2)18(20)19-14-5-7-15(8-6-14)22-11-16-4-3-9-21-16/h5-8,10,16H,3-4,9,11H2,1-2H3,(H,19,20). The van der Waals surface area contributed by atoms with E-state index in [0.717, 1.165) is 41.3 Å². The highest BCUT2D eigenvalue weighted by Crippen LogP contribution is 2.23. The molecule has 1 amide bonds. The van der Waals surface area contributed by atoms with Crippen LogP contribution in [0.15, 0.2) is 30.3 Å². The summed E-state index contributed by atoms with van der Waals surface area (Å²) in [6.45, 7) is 5.46. The Kier molecular flexibility index (Phi) is 4.98. The third-order valence-corrected chi connectivity index (χ3v) is 5.11. The molecule has 1 aliphatic rings. The number of hydrogen-bond acceptors (Lipinski definition) is 4. The van der Waals surface area contributed by atoms with Crippen LogP contribution in [0.5, 0.6) is 5.75 Å². The molecule has 1 atom stereocenters. The summed E-state index contributed by atoms with van der Waals surface area (Å²) in [6.07, 6.45) is 2.38. The molecule has 3 rings (SSSR count). The van der Waals surface area contributed by atoms with Crippen molar-refractivity contribution < 1.29 is 14.3 Å². The number of carbonyl (C=O) groups excluding carboxylic acids is 1. The fourth-order valence-electron chi connectivity index (χ4n) is 2.48. The second-order valence-corrected chi connectivity index (χ2v) is 7.03. The maximum atomic E-state index is 12.2. The largest absolute Gasteiger partial charge is 0.491 e. The quantitative estimate of drug-likeness (QED) is 0.894. The number of thiophene rings is 1. The summed E-state index contributed by atoms with van der Waals surface area (Å²) in [6, 6.07) is 9.38. The van der Waals surface area contributed by atoms with Crippen LogP contribution in [-0.4, -0.2) is 25.2 Å². The van der Waals surface area contributed by atoms with Crippen molar-refractivity contribution in [3.05, 3.63) is 45.6 Å². The zero-order valence-corrected chi connectivity index (χ0v) is 14.2. The van der Waals surface area contributed by atoms with Gasteiger partial charge >= 0.3 is 0 Å². The lowest BCUT2D eigenvalue weighted by Gasteiger charge is -2.12. The van der Waals surface area contributed by atoms with Crippen molar-refractivity contribution in [2.75, 3.05) is 18.5 Å². The van der Waals surface area contributed by atoms with Crippen LogP contribution in [0.2, 0.25) is 0 Å². The van der Waals surface area contributed by atoms with Crippen LogP contribution in [0.3, 0.4) is 0 Å². The van der Waals surface area contributed by atoms with Gasteiger partial charge in [0.15, 0.2) is 0 Å². The molecule has 1 aromatic heterocycles. The first-order valence-corrected chi connectivity index (χ1v) is 8.66. The average molecular weight is 331 g/mol. The minimum Gasteiger partial charge on any atom is -0.491 e. The van der Waals surface area contributed by atoms with Gasteiger partial charge in [-0.05, 0) is 62.6 Å². The van der Waals surface area contributed by atoms with Gasteiger partial charge in [-0.15, -0.1) is 11.3 Å². The minimum absolute atomic E-state index is 0.0702. The Hall–Kier alpha value is -1.85. The van der Waals surface area contributed by atoms with Crippen LogP contribution in [0.1, 0.15) is 33.0 Å². The summed E-state index contributed by atoms with van der Waals surface area (Å²) in [5.74, 6) is 0.723. The number of nitrogens with one attached hydrogen (secondary N) is 1. The Labute approximate surface area is 140 Å². The zero-order valence-electron chi connectivity index (χ0n) is 13.4. The van der Waals surface area contributed by atoms with Gasteiger partial charge in [-0.1, -0.05) is 0 Å². The third-order valence-electron chi connectivity index (χ3n) is 3.96. The number of hydrogen-bond donors (Lipinski definition) is 1. The van der Waals surface area contributed by atoms with E-state index in [1.807, 2.05) is 44.2 Å². The number of carbonyl (C=O) groups is 1. The summed E-state index contributed by atoms with van der Waals surface area (Å²) in [7, 11) is 0. The molecule has 4 nitrogen and oxygen atoms in total. The van der Waals surface area contributed by atoms with E-state index in [1.54, 1.807) is 0 Å². The van der Waals surface area contributed by atoms with Crippen LogP contribution in [-0.2, 0) is 4.74 Å². The first kappa shape index (κ1) is 16.0.